The topological polar surface area (TPSA) is 65.1 Å². The Morgan fingerprint density at radius 2 is 1.47 bits per heavy atom. The summed E-state index contributed by atoms with van der Waals surface area (Å²) in [6.45, 7) is 6.54. The number of carbonyl (C=O) groups is 2. The van der Waals surface area contributed by atoms with Crippen LogP contribution in [-0.4, -0.2) is 91.0 Å². The summed E-state index contributed by atoms with van der Waals surface area (Å²) in [5.74, 6) is 1.00. The zero-order valence-electron chi connectivity index (χ0n) is 18.3. The average Bonchev–Trinajstić information content (AvgIpc) is 3.32. The summed E-state index contributed by atoms with van der Waals surface area (Å²) in [6, 6.07) is 17.4. The zero-order valence-corrected chi connectivity index (χ0v) is 18.3. The third-order valence-electron chi connectivity index (χ3n) is 6.71. The predicted molar refractivity (Wildman–Crippen MR) is 122 cm³/mol. The number of nitrogens with zero attached hydrogens (tertiary/aromatic N) is 3. The average molecular weight is 435 g/mol. The maximum Gasteiger partial charge on any atom is 0.253 e. The highest BCUT2D eigenvalue weighted by atomic mass is 16.5. The molecule has 0 saturated carbocycles. The summed E-state index contributed by atoms with van der Waals surface area (Å²) in [5.41, 5.74) is 1.45. The van der Waals surface area contributed by atoms with Crippen molar-refractivity contribution in [1.82, 2.24) is 20.0 Å². The minimum atomic E-state index is 0.0771. The van der Waals surface area contributed by atoms with Gasteiger partial charge in [0.2, 0.25) is 0 Å². The van der Waals surface area contributed by atoms with Gasteiger partial charge in [-0.15, -0.1) is 0 Å². The molecule has 1 atom stereocenters. The first kappa shape index (κ1) is 21.0. The highest BCUT2D eigenvalue weighted by Crippen LogP contribution is 2.22. The molecule has 1 N–H and O–H groups in total. The van der Waals surface area contributed by atoms with Crippen molar-refractivity contribution >= 4 is 11.8 Å². The number of carbonyl (C=O) groups excluding carboxylic acids is 2. The van der Waals surface area contributed by atoms with Crippen LogP contribution in [0.4, 0.5) is 0 Å². The number of hydrogen-bond donors (Lipinski definition) is 1. The monoisotopic (exact) mass is 434 g/mol. The molecule has 2 aromatic carbocycles. The lowest BCUT2D eigenvalue weighted by molar-refractivity contribution is 0.00853. The van der Waals surface area contributed by atoms with Gasteiger partial charge in [0.05, 0.1) is 0 Å². The summed E-state index contributed by atoms with van der Waals surface area (Å²) in [5, 5.41) is 3.29. The van der Waals surface area contributed by atoms with Gasteiger partial charge in [-0.05, 0) is 49.4 Å². The van der Waals surface area contributed by atoms with Crippen LogP contribution in [-0.2, 0) is 0 Å². The first-order chi connectivity index (χ1) is 15.7. The van der Waals surface area contributed by atoms with E-state index in [0.29, 0.717) is 11.6 Å². The van der Waals surface area contributed by atoms with Gasteiger partial charge in [0.1, 0.15) is 11.9 Å². The fourth-order valence-corrected chi connectivity index (χ4v) is 4.69. The predicted octanol–water partition coefficient (Wildman–Crippen LogP) is 1.71. The summed E-state index contributed by atoms with van der Waals surface area (Å²) >= 11 is 0. The van der Waals surface area contributed by atoms with Gasteiger partial charge in [0.25, 0.3) is 11.8 Å². The van der Waals surface area contributed by atoms with Crippen molar-refractivity contribution < 1.29 is 14.3 Å². The second-order valence-corrected chi connectivity index (χ2v) is 8.82. The molecule has 0 unspecified atom stereocenters. The van der Waals surface area contributed by atoms with Crippen molar-refractivity contribution in [2.24, 2.45) is 0 Å². The molecule has 3 aliphatic rings. The van der Waals surface area contributed by atoms with Crippen LogP contribution in [0.25, 0.3) is 0 Å². The van der Waals surface area contributed by atoms with E-state index in [4.69, 9.17) is 4.74 Å². The molecule has 5 rings (SSSR count). The molecule has 2 aromatic rings. The molecule has 3 heterocycles. The molecule has 168 valence electrons. The lowest BCUT2D eigenvalue weighted by atomic mass is 10.0. The molecule has 0 aromatic heterocycles. The van der Waals surface area contributed by atoms with E-state index in [1.54, 1.807) is 0 Å². The second-order valence-electron chi connectivity index (χ2n) is 8.82. The van der Waals surface area contributed by atoms with Crippen molar-refractivity contribution in [2.45, 2.75) is 18.6 Å². The molecule has 7 heteroatoms. The number of rotatable bonds is 5. The fraction of sp³-hybridized carbons (Fsp3) is 0.440. The van der Waals surface area contributed by atoms with Crippen LogP contribution in [0, 0.1) is 0 Å². The van der Waals surface area contributed by atoms with Crippen LogP contribution in [0.15, 0.2) is 54.6 Å². The molecular weight excluding hydrogens is 404 g/mol. The van der Waals surface area contributed by atoms with Crippen molar-refractivity contribution in [1.29, 1.82) is 0 Å². The van der Waals surface area contributed by atoms with Gasteiger partial charge in [0.15, 0.2) is 0 Å². The van der Waals surface area contributed by atoms with Crippen molar-refractivity contribution in [3.63, 3.8) is 0 Å². The van der Waals surface area contributed by atoms with Gasteiger partial charge in [-0.25, -0.2) is 0 Å². The second kappa shape index (κ2) is 9.30. The Balaban J connectivity index is 1.08. The van der Waals surface area contributed by atoms with E-state index in [0.717, 1.165) is 70.1 Å². The molecule has 32 heavy (non-hydrogen) atoms. The van der Waals surface area contributed by atoms with Crippen LogP contribution >= 0.6 is 0 Å². The molecule has 3 aliphatic heterocycles. The van der Waals surface area contributed by atoms with E-state index in [9.17, 15) is 9.59 Å². The Labute approximate surface area is 188 Å². The summed E-state index contributed by atoms with van der Waals surface area (Å²) in [6.07, 6.45) is 1.24. The first-order valence-electron chi connectivity index (χ1n) is 11.5. The number of amides is 2. The summed E-state index contributed by atoms with van der Waals surface area (Å²) in [4.78, 5) is 31.7. The van der Waals surface area contributed by atoms with E-state index >= 15 is 0 Å². The maximum absolute atomic E-state index is 12.8. The zero-order chi connectivity index (χ0) is 21.9. The Hall–Kier alpha value is -2.90. The summed E-state index contributed by atoms with van der Waals surface area (Å²) < 4.78 is 5.94. The van der Waals surface area contributed by atoms with Gasteiger partial charge in [-0.2, -0.15) is 0 Å². The maximum atomic E-state index is 12.8. The van der Waals surface area contributed by atoms with Crippen LogP contribution < -0.4 is 10.1 Å². The summed E-state index contributed by atoms with van der Waals surface area (Å²) in [7, 11) is 0. The lowest BCUT2D eigenvalue weighted by Gasteiger charge is -2.48. The number of benzene rings is 2. The van der Waals surface area contributed by atoms with Crippen molar-refractivity contribution in [2.75, 3.05) is 52.4 Å². The third kappa shape index (κ3) is 4.49. The molecule has 0 bridgehead atoms. The Bertz CT molecular complexity index is 929. The van der Waals surface area contributed by atoms with E-state index < -0.39 is 0 Å². The van der Waals surface area contributed by atoms with E-state index in [1.807, 2.05) is 64.4 Å². The van der Waals surface area contributed by atoms with Crippen LogP contribution in [0.3, 0.4) is 0 Å². The van der Waals surface area contributed by atoms with E-state index in [1.165, 1.54) is 0 Å². The first-order valence-corrected chi connectivity index (χ1v) is 11.5. The molecular formula is C25H30N4O3. The van der Waals surface area contributed by atoms with E-state index in [-0.39, 0.29) is 17.9 Å². The van der Waals surface area contributed by atoms with Crippen LogP contribution in [0.5, 0.6) is 5.75 Å². The Kier molecular flexibility index (Phi) is 6.10. The molecule has 3 fully saturated rings. The highest BCUT2D eigenvalue weighted by molar-refractivity contribution is 5.95. The molecule has 0 spiro atoms. The standard InChI is InChI=1S/C25H30N4O3/c30-24(19-4-2-1-3-5-19)28-14-12-27(13-15-28)21-17-29(18-21)25(31)20-6-8-22(9-7-20)32-23-10-11-26-16-23/h1-9,21,23,26H,10-18H2/t23-/m0/s1. The smallest absolute Gasteiger partial charge is 0.253 e. The van der Waals surface area contributed by atoms with Gasteiger partial charge in [0, 0.05) is 63.0 Å². The molecule has 0 aliphatic carbocycles. The van der Waals surface area contributed by atoms with Crippen LogP contribution in [0.2, 0.25) is 0 Å². The third-order valence-corrected chi connectivity index (χ3v) is 6.71. The molecule has 3 saturated heterocycles. The fourth-order valence-electron chi connectivity index (χ4n) is 4.69. The van der Waals surface area contributed by atoms with Gasteiger partial charge in [-0.1, -0.05) is 18.2 Å². The van der Waals surface area contributed by atoms with Crippen molar-refractivity contribution in [3.8, 4) is 5.75 Å². The molecule has 2 amide bonds. The van der Waals surface area contributed by atoms with Crippen molar-refractivity contribution in [3.05, 3.63) is 65.7 Å². The number of ether oxygens (including phenoxy) is 1. The number of hydrogen-bond acceptors (Lipinski definition) is 5. The van der Waals surface area contributed by atoms with Crippen LogP contribution in [0.1, 0.15) is 27.1 Å². The number of piperazine rings is 1. The van der Waals surface area contributed by atoms with Gasteiger partial charge < -0.3 is 19.9 Å². The minimum Gasteiger partial charge on any atom is -0.489 e. The Morgan fingerprint density at radius 3 is 2.12 bits per heavy atom. The molecule has 0 radical (unpaired) electrons. The van der Waals surface area contributed by atoms with E-state index in [2.05, 4.69) is 10.2 Å². The normalized spacial score (nSPS) is 21.9. The lowest BCUT2D eigenvalue weighted by Crippen LogP contribution is -2.64. The highest BCUT2D eigenvalue weighted by Gasteiger charge is 2.37. The molecule has 7 nitrogen and oxygen atoms in total. The SMILES string of the molecule is O=C(c1ccccc1)N1CCN(C2CN(C(=O)c3ccc(O[C@H]4CCNC4)cc3)C2)CC1. The number of nitrogens with one attached hydrogen (secondary N) is 1. The quantitative estimate of drug-likeness (QED) is 0.776. The number of likely N-dealkylation sites (tertiary alicyclic amines) is 1. The van der Waals surface area contributed by atoms with Gasteiger partial charge in [-0.3, -0.25) is 14.5 Å². The Morgan fingerprint density at radius 1 is 0.812 bits per heavy atom. The largest absolute Gasteiger partial charge is 0.489 e. The van der Waals surface area contributed by atoms with Gasteiger partial charge >= 0.3 is 0 Å². The minimum absolute atomic E-state index is 0.0771.